The van der Waals surface area contributed by atoms with Crippen molar-refractivity contribution in [3.05, 3.63) is 53.6 Å². The van der Waals surface area contributed by atoms with Crippen molar-refractivity contribution in [2.45, 2.75) is 12.5 Å². The number of aliphatic imine (C=N–C) groups is 1. The van der Waals surface area contributed by atoms with Crippen molar-refractivity contribution in [2.24, 2.45) is 4.99 Å². The third kappa shape index (κ3) is 3.81. The molecule has 0 saturated carbocycles. The summed E-state index contributed by atoms with van der Waals surface area (Å²) in [6.45, 7) is 0.286. The van der Waals surface area contributed by atoms with Crippen LogP contribution in [0.2, 0.25) is 0 Å². The third-order valence-electron chi connectivity index (χ3n) is 3.97. The number of anilines is 2. The Balaban J connectivity index is 2.03. The van der Waals surface area contributed by atoms with Gasteiger partial charge < -0.3 is 20.1 Å². The van der Waals surface area contributed by atoms with Gasteiger partial charge in [-0.15, -0.1) is 0 Å². The van der Waals surface area contributed by atoms with Crippen molar-refractivity contribution in [1.29, 1.82) is 0 Å². The second-order valence-corrected chi connectivity index (χ2v) is 5.64. The second-order valence-electron chi connectivity index (χ2n) is 5.64. The summed E-state index contributed by atoms with van der Waals surface area (Å²) in [6.07, 6.45) is -4.95. The number of hydrogen-bond acceptors (Lipinski definition) is 5. The first-order valence-electron chi connectivity index (χ1n) is 7.88. The Hall–Kier alpha value is -2.58. The number of nitrogens with one attached hydrogen (secondary N) is 2. The highest BCUT2D eigenvalue weighted by Gasteiger charge is 2.31. The molecule has 0 aromatic heterocycles. The molecule has 0 bridgehead atoms. The maximum Gasteiger partial charge on any atom is 0.416 e. The van der Waals surface area contributed by atoms with Crippen molar-refractivity contribution in [2.75, 3.05) is 26.1 Å². The molecular formula is C18H18F3N3O2. The molecule has 0 saturated heterocycles. The average Bonchev–Trinajstić information content (AvgIpc) is 2.77. The van der Waals surface area contributed by atoms with Crippen molar-refractivity contribution in [3.8, 4) is 0 Å². The smallest absolute Gasteiger partial charge is 0.364 e. The summed E-state index contributed by atoms with van der Waals surface area (Å²) in [5.74, 6) is 0.435. The molecule has 0 radical (unpaired) electrons. The molecule has 3 rings (SSSR count). The largest absolute Gasteiger partial charge is 0.416 e. The molecule has 0 atom stereocenters. The topological polar surface area (TPSA) is 54.9 Å². The molecule has 0 spiro atoms. The summed E-state index contributed by atoms with van der Waals surface area (Å²) in [5, 5.41) is 6.24. The first-order valence-corrected chi connectivity index (χ1v) is 7.88. The lowest BCUT2D eigenvalue weighted by molar-refractivity contribution is -0.137. The fourth-order valence-electron chi connectivity index (χ4n) is 2.61. The number of ether oxygens (including phenoxy) is 2. The maximum atomic E-state index is 13.0. The standard InChI is InChI=1S/C18H18F3N3O2/c1-25-16(26-2)10-22-17-12-5-3-4-6-13(12)23-14-8-7-11(18(19,20)21)9-15(14)24-17/h3-9,16,23H,10H2,1-2H3,(H,22,24). The van der Waals surface area contributed by atoms with Crippen molar-refractivity contribution in [1.82, 2.24) is 5.32 Å². The third-order valence-corrected chi connectivity index (χ3v) is 3.97. The minimum atomic E-state index is -4.44. The Morgan fingerprint density at radius 2 is 1.81 bits per heavy atom. The van der Waals surface area contributed by atoms with Crippen LogP contribution >= 0.6 is 0 Å². The monoisotopic (exact) mass is 365 g/mol. The number of methoxy groups -OCH3 is 2. The van der Waals surface area contributed by atoms with E-state index >= 15 is 0 Å². The van der Waals surface area contributed by atoms with Crippen LogP contribution in [0.1, 0.15) is 11.1 Å². The van der Waals surface area contributed by atoms with E-state index in [1.165, 1.54) is 20.3 Å². The lowest BCUT2D eigenvalue weighted by atomic mass is 10.1. The summed E-state index contributed by atoms with van der Waals surface area (Å²) in [7, 11) is 3.01. The van der Waals surface area contributed by atoms with Gasteiger partial charge >= 0.3 is 6.18 Å². The lowest BCUT2D eigenvalue weighted by Crippen LogP contribution is -2.34. The van der Waals surface area contributed by atoms with Crippen LogP contribution in [0.25, 0.3) is 0 Å². The summed E-state index contributed by atoms with van der Waals surface area (Å²) < 4.78 is 49.4. The number of fused-ring (bicyclic) bond motifs is 2. The normalized spacial score (nSPS) is 13.4. The Morgan fingerprint density at radius 3 is 2.50 bits per heavy atom. The molecule has 1 aliphatic rings. The summed E-state index contributed by atoms with van der Waals surface area (Å²) in [6, 6.07) is 10.8. The first-order chi connectivity index (χ1) is 12.4. The molecule has 5 nitrogen and oxygen atoms in total. The van der Waals surface area contributed by atoms with Crippen LogP contribution < -0.4 is 10.6 Å². The molecule has 26 heavy (non-hydrogen) atoms. The van der Waals surface area contributed by atoms with E-state index in [2.05, 4.69) is 15.6 Å². The van der Waals surface area contributed by atoms with E-state index in [1.54, 1.807) is 0 Å². The summed E-state index contributed by atoms with van der Waals surface area (Å²) in [5.41, 5.74) is 1.42. The van der Waals surface area contributed by atoms with Crippen LogP contribution in [0, 0.1) is 0 Å². The van der Waals surface area contributed by atoms with E-state index in [-0.39, 0.29) is 12.2 Å². The van der Waals surface area contributed by atoms with Crippen LogP contribution in [0.3, 0.4) is 0 Å². The Kier molecular flexibility index (Phi) is 5.15. The molecule has 2 N–H and O–H groups in total. The highest BCUT2D eigenvalue weighted by molar-refractivity contribution is 6.07. The summed E-state index contributed by atoms with van der Waals surface area (Å²) in [4.78, 5) is 4.43. The van der Waals surface area contributed by atoms with E-state index in [4.69, 9.17) is 9.47 Å². The molecule has 0 amide bonds. The van der Waals surface area contributed by atoms with Gasteiger partial charge in [-0.05, 0) is 30.3 Å². The number of amidine groups is 1. The minimum Gasteiger partial charge on any atom is -0.364 e. The molecular weight excluding hydrogens is 347 g/mol. The van der Waals surface area contributed by atoms with Crippen LogP contribution in [0.5, 0.6) is 0 Å². The van der Waals surface area contributed by atoms with Gasteiger partial charge in [0.1, 0.15) is 5.84 Å². The van der Waals surface area contributed by atoms with Gasteiger partial charge in [-0.1, -0.05) is 12.1 Å². The Bertz CT molecular complexity index is 818. The van der Waals surface area contributed by atoms with Crippen LogP contribution in [0.4, 0.5) is 30.2 Å². The fourth-order valence-corrected chi connectivity index (χ4v) is 2.61. The van der Waals surface area contributed by atoms with Gasteiger partial charge in [-0.2, -0.15) is 13.2 Å². The molecule has 0 unspecified atom stereocenters. The van der Waals surface area contributed by atoms with Crippen molar-refractivity contribution < 1.29 is 22.6 Å². The van der Waals surface area contributed by atoms with Gasteiger partial charge in [0.2, 0.25) is 0 Å². The van der Waals surface area contributed by atoms with Gasteiger partial charge in [-0.3, -0.25) is 0 Å². The predicted octanol–water partition coefficient (Wildman–Crippen LogP) is 4.05. The van der Waals surface area contributed by atoms with Crippen molar-refractivity contribution >= 4 is 22.9 Å². The van der Waals surface area contributed by atoms with Gasteiger partial charge in [0, 0.05) is 25.5 Å². The quantitative estimate of drug-likeness (QED) is 0.803. The van der Waals surface area contributed by atoms with Crippen LogP contribution in [0.15, 0.2) is 47.5 Å². The zero-order valence-corrected chi connectivity index (χ0v) is 14.2. The molecule has 1 aliphatic heterocycles. The highest BCUT2D eigenvalue weighted by Crippen LogP contribution is 2.38. The molecule has 2 aromatic carbocycles. The number of rotatable bonds is 4. The van der Waals surface area contributed by atoms with Crippen LogP contribution in [-0.2, 0) is 15.7 Å². The van der Waals surface area contributed by atoms with Gasteiger partial charge in [-0.25, -0.2) is 4.99 Å². The Morgan fingerprint density at radius 1 is 1.08 bits per heavy atom. The number of alkyl halides is 3. The van der Waals surface area contributed by atoms with E-state index in [0.717, 1.165) is 23.4 Å². The number of hydrogen-bond donors (Lipinski definition) is 2. The second kappa shape index (κ2) is 7.35. The van der Waals surface area contributed by atoms with Crippen molar-refractivity contribution in [3.63, 3.8) is 0 Å². The zero-order valence-electron chi connectivity index (χ0n) is 14.2. The number of benzene rings is 2. The molecule has 0 aliphatic carbocycles. The molecule has 8 heteroatoms. The lowest BCUT2D eigenvalue weighted by Gasteiger charge is -2.16. The average molecular weight is 365 g/mol. The van der Waals surface area contributed by atoms with Gasteiger partial charge in [0.25, 0.3) is 0 Å². The van der Waals surface area contributed by atoms with Gasteiger partial charge in [0.05, 0.1) is 23.5 Å². The highest BCUT2D eigenvalue weighted by atomic mass is 19.4. The van der Waals surface area contributed by atoms with E-state index in [1.807, 2.05) is 24.3 Å². The number of nitrogens with zero attached hydrogens (tertiary/aromatic N) is 1. The maximum absolute atomic E-state index is 13.0. The predicted molar refractivity (Wildman–Crippen MR) is 93.2 cm³/mol. The first kappa shape index (κ1) is 18.2. The number of halogens is 3. The summed E-state index contributed by atoms with van der Waals surface area (Å²) >= 11 is 0. The minimum absolute atomic E-state index is 0.199. The SMILES string of the molecule is COC(CNC1=Nc2cc(C(F)(F)F)ccc2Nc2ccccc21)OC. The van der Waals surface area contributed by atoms with E-state index in [0.29, 0.717) is 11.5 Å². The van der Waals surface area contributed by atoms with Gasteiger partial charge in [0.15, 0.2) is 6.29 Å². The van der Waals surface area contributed by atoms with Crippen LogP contribution in [-0.4, -0.2) is 32.9 Å². The number of para-hydroxylation sites is 1. The zero-order chi connectivity index (χ0) is 18.7. The Labute approximate surface area is 148 Å². The molecule has 1 heterocycles. The fraction of sp³-hybridized carbons (Fsp3) is 0.278. The molecule has 0 fully saturated rings. The molecule has 138 valence electrons. The van der Waals surface area contributed by atoms with E-state index in [9.17, 15) is 13.2 Å². The molecule has 2 aromatic rings. The van der Waals surface area contributed by atoms with E-state index < -0.39 is 18.0 Å².